The molecule has 5 nitrogen and oxygen atoms in total. The third kappa shape index (κ3) is 4.09. The van der Waals surface area contributed by atoms with Crippen molar-refractivity contribution in [3.63, 3.8) is 0 Å². The summed E-state index contributed by atoms with van der Waals surface area (Å²) in [5.41, 5.74) is 0.987. The van der Waals surface area contributed by atoms with Gasteiger partial charge >= 0.3 is 0 Å². The molecule has 0 aromatic heterocycles. The zero-order chi connectivity index (χ0) is 12.0. The summed E-state index contributed by atoms with van der Waals surface area (Å²) >= 11 is -2.32. The van der Waals surface area contributed by atoms with Crippen LogP contribution in [-0.2, 0) is 22.5 Å². The molecule has 0 aliphatic carbocycles. The number of rotatable bonds is 5. The molecule has 1 rings (SSSR count). The maximum Gasteiger partial charge on any atom is 0.261 e. The molecule has 0 spiro atoms. The lowest BCUT2D eigenvalue weighted by molar-refractivity contribution is -0.121. The molecule has 6 heteroatoms. The van der Waals surface area contributed by atoms with Crippen molar-refractivity contribution in [1.82, 2.24) is 10.0 Å². The molecule has 0 radical (unpaired) electrons. The number of carbonyl (C=O) groups excluding carboxylic acids is 1. The molecule has 0 heterocycles. The molecule has 0 aliphatic heterocycles. The number of carbonyl (C=O) groups is 1. The SMILES string of the molecule is CNC(Cc1ccccc1)C(=O)NS(=O)O. The van der Waals surface area contributed by atoms with Crippen molar-refractivity contribution in [2.75, 3.05) is 7.05 Å². The number of hydrogen-bond donors (Lipinski definition) is 3. The zero-order valence-corrected chi connectivity index (χ0v) is 9.66. The number of likely N-dealkylation sites (N-methyl/N-ethyl adjacent to an activating group) is 1. The zero-order valence-electron chi connectivity index (χ0n) is 8.84. The molecule has 0 saturated carbocycles. The summed E-state index contributed by atoms with van der Waals surface area (Å²) in [6.07, 6.45) is 0.473. The van der Waals surface area contributed by atoms with Crippen molar-refractivity contribution in [1.29, 1.82) is 0 Å². The van der Waals surface area contributed by atoms with Crippen LogP contribution in [0.4, 0.5) is 0 Å². The Morgan fingerprint density at radius 3 is 2.56 bits per heavy atom. The second kappa shape index (κ2) is 6.37. The highest BCUT2D eigenvalue weighted by Crippen LogP contribution is 2.03. The molecule has 0 fully saturated rings. The van der Waals surface area contributed by atoms with Crippen LogP contribution in [0.3, 0.4) is 0 Å². The average Bonchev–Trinajstić information content (AvgIpc) is 2.26. The fourth-order valence-corrected chi connectivity index (χ4v) is 1.65. The summed E-state index contributed by atoms with van der Waals surface area (Å²) in [6.45, 7) is 0. The summed E-state index contributed by atoms with van der Waals surface area (Å²) in [4.78, 5) is 11.5. The minimum absolute atomic E-state index is 0.473. The lowest BCUT2D eigenvalue weighted by atomic mass is 10.1. The maximum absolute atomic E-state index is 11.5. The Bertz CT molecular complexity index is 370. The predicted molar refractivity (Wildman–Crippen MR) is 61.9 cm³/mol. The average molecular weight is 242 g/mol. The molecule has 2 atom stereocenters. The van der Waals surface area contributed by atoms with Crippen LogP contribution < -0.4 is 10.0 Å². The molecule has 88 valence electrons. The highest BCUT2D eigenvalue weighted by atomic mass is 32.2. The second-order valence-corrected chi connectivity index (χ2v) is 3.95. The molecule has 1 aromatic carbocycles. The Balaban J connectivity index is 2.62. The third-order valence-corrected chi connectivity index (χ3v) is 2.51. The standard InChI is InChI=1S/C10H14N2O3S/c1-11-9(10(13)12-16(14)15)7-8-5-3-2-4-6-8/h2-6,9,11H,7H2,1H3,(H,12,13)(H,14,15). The van der Waals surface area contributed by atoms with Crippen LogP contribution in [0.25, 0.3) is 0 Å². The van der Waals surface area contributed by atoms with Gasteiger partial charge in [0.1, 0.15) is 0 Å². The first kappa shape index (κ1) is 12.8. The summed E-state index contributed by atoms with van der Waals surface area (Å²) < 4.78 is 20.9. The minimum atomic E-state index is -2.32. The number of hydrogen-bond acceptors (Lipinski definition) is 3. The van der Waals surface area contributed by atoms with Gasteiger partial charge in [-0.15, -0.1) is 0 Å². The second-order valence-electron chi connectivity index (χ2n) is 3.25. The molecular formula is C10H14N2O3S. The van der Waals surface area contributed by atoms with E-state index in [-0.39, 0.29) is 0 Å². The number of nitrogens with one attached hydrogen (secondary N) is 2. The van der Waals surface area contributed by atoms with Crippen LogP contribution in [0.1, 0.15) is 5.56 Å². The lowest BCUT2D eigenvalue weighted by Crippen LogP contribution is -2.44. The Kier molecular flexibility index (Phi) is 5.10. The van der Waals surface area contributed by atoms with Gasteiger partial charge in [0.15, 0.2) is 0 Å². The Morgan fingerprint density at radius 2 is 2.06 bits per heavy atom. The van der Waals surface area contributed by atoms with Crippen molar-refractivity contribution < 1.29 is 13.6 Å². The van der Waals surface area contributed by atoms with Crippen LogP contribution in [0.15, 0.2) is 30.3 Å². The first-order chi connectivity index (χ1) is 7.63. The largest absolute Gasteiger partial charge is 0.309 e. The van der Waals surface area contributed by atoms with Gasteiger partial charge in [-0.1, -0.05) is 30.3 Å². The van der Waals surface area contributed by atoms with E-state index in [0.717, 1.165) is 5.56 Å². The van der Waals surface area contributed by atoms with E-state index >= 15 is 0 Å². The van der Waals surface area contributed by atoms with E-state index in [0.29, 0.717) is 6.42 Å². The van der Waals surface area contributed by atoms with E-state index in [2.05, 4.69) is 5.32 Å². The van der Waals surface area contributed by atoms with E-state index < -0.39 is 23.2 Å². The van der Waals surface area contributed by atoms with Crippen molar-refractivity contribution in [2.45, 2.75) is 12.5 Å². The molecule has 1 amide bonds. The van der Waals surface area contributed by atoms with Gasteiger partial charge in [0.2, 0.25) is 0 Å². The molecule has 2 unspecified atom stereocenters. The van der Waals surface area contributed by atoms with Gasteiger partial charge < -0.3 is 5.32 Å². The van der Waals surface area contributed by atoms with Gasteiger partial charge in [-0.05, 0) is 19.0 Å². The molecule has 0 saturated heterocycles. The molecular weight excluding hydrogens is 228 g/mol. The normalized spacial score (nSPS) is 14.1. The van der Waals surface area contributed by atoms with E-state index in [1.54, 1.807) is 7.05 Å². The quantitative estimate of drug-likeness (QED) is 0.638. The van der Waals surface area contributed by atoms with E-state index in [9.17, 15) is 9.00 Å². The van der Waals surface area contributed by atoms with Crippen molar-refractivity contribution in [3.8, 4) is 0 Å². The first-order valence-corrected chi connectivity index (χ1v) is 5.86. The molecule has 3 N–H and O–H groups in total. The fraction of sp³-hybridized carbons (Fsp3) is 0.300. The van der Waals surface area contributed by atoms with Gasteiger partial charge in [0.25, 0.3) is 17.2 Å². The van der Waals surface area contributed by atoms with E-state index in [1.807, 2.05) is 35.1 Å². The maximum atomic E-state index is 11.5. The van der Waals surface area contributed by atoms with Crippen molar-refractivity contribution in [2.24, 2.45) is 0 Å². The van der Waals surface area contributed by atoms with Gasteiger partial charge in [0.05, 0.1) is 6.04 Å². The highest BCUT2D eigenvalue weighted by molar-refractivity contribution is 7.77. The van der Waals surface area contributed by atoms with Gasteiger partial charge in [0, 0.05) is 0 Å². The topological polar surface area (TPSA) is 78.4 Å². The summed E-state index contributed by atoms with van der Waals surface area (Å²) in [5.74, 6) is -0.493. The van der Waals surface area contributed by atoms with Crippen molar-refractivity contribution >= 4 is 17.2 Å². The third-order valence-electron chi connectivity index (χ3n) is 2.14. The van der Waals surface area contributed by atoms with Crippen LogP contribution in [0.5, 0.6) is 0 Å². The first-order valence-electron chi connectivity index (χ1n) is 4.76. The Morgan fingerprint density at radius 1 is 1.44 bits per heavy atom. The number of benzene rings is 1. The summed E-state index contributed by atoms with van der Waals surface area (Å²) in [7, 11) is 1.63. The van der Waals surface area contributed by atoms with Crippen molar-refractivity contribution in [3.05, 3.63) is 35.9 Å². The summed E-state index contributed by atoms with van der Waals surface area (Å²) in [5, 5.41) is 2.80. The monoisotopic (exact) mass is 242 g/mol. The summed E-state index contributed by atoms with van der Waals surface area (Å²) in [6, 6.07) is 8.93. The van der Waals surface area contributed by atoms with Crippen LogP contribution in [0.2, 0.25) is 0 Å². The van der Waals surface area contributed by atoms with E-state index in [1.165, 1.54) is 0 Å². The Labute approximate surface area is 96.7 Å². The molecule has 0 bridgehead atoms. The van der Waals surface area contributed by atoms with E-state index in [4.69, 9.17) is 4.55 Å². The van der Waals surface area contributed by atoms with Gasteiger partial charge in [-0.25, -0.2) is 4.21 Å². The lowest BCUT2D eigenvalue weighted by Gasteiger charge is -2.14. The highest BCUT2D eigenvalue weighted by Gasteiger charge is 2.17. The fourth-order valence-electron chi connectivity index (χ4n) is 1.33. The minimum Gasteiger partial charge on any atom is -0.309 e. The Hall–Kier alpha value is -1.24. The van der Waals surface area contributed by atoms with Crippen LogP contribution >= 0.6 is 0 Å². The smallest absolute Gasteiger partial charge is 0.261 e. The molecule has 1 aromatic rings. The molecule has 0 aliphatic rings. The van der Waals surface area contributed by atoms with Gasteiger partial charge in [-0.3, -0.25) is 14.1 Å². The predicted octanol–water partition coefficient (Wildman–Crippen LogP) is 0.0700. The number of amides is 1. The van der Waals surface area contributed by atoms with Crippen LogP contribution in [-0.4, -0.2) is 27.8 Å². The van der Waals surface area contributed by atoms with Crippen LogP contribution in [0, 0.1) is 0 Å². The molecule has 16 heavy (non-hydrogen) atoms. The van der Waals surface area contributed by atoms with Gasteiger partial charge in [-0.2, -0.15) is 0 Å².